The van der Waals surface area contributed by atoms with E-state index < -0.39 is 17.8 Å². The molecule has 0 N–H and O–H groups in total. The normalized spacial score (nSPS) is 11.4. The van der Waals surface area contributed by atoms with Gasteiger partial charge >= 0.3 is 5.97 Å². The lowest BCUT2D eigenvalue weighted by atomic mass is 10.0. The molecule has 1 aromatic rings. The Morgan fingerprint density at radius 3 is 2.94 bits per heavy atom. The van der Waals surface area contributed by atoms with Crippen LogP contribution >= 0.6 is 0 Å². The Hall–Kier alpha value is -2.00. The molecular formula is C11H10FNO3. The molecule has 5 heteroatoms. The molecule has 0 radical (unpaired) electrons. The lowest BCUT2D eigenvalue weighted by molar-refractivity contribution is -0.141. The van der Waals surface area contributed by atoms with E-state index in [9.17, 15) is 14.0 Å². The molecule has 0 spiro atoms. The van der Waals surface area contributed by atoms with E-state index in [0.29, 0.717) is 5.56 Å². The van der Waals surface area contributed by atoms with E-state index in [1.165, 1.54) is 31.4 Å². The van der Waals surface area contributed by atoms with Crippen molar-refractivity contribution in [1.29, 1.82) is 0 Å². The highest BCUT2D eigenvalue weighted by atomic mass is 19.1. The van der Waals surface area contributed by atoms with Crippen LogP contribution in [-0.2, 0) is 14.3 Å². The molecule has 16 heavy (non-hydrogen) atoms. The Kier molecular flexibility index (Phi) is 4.36. The van der Waals surface area contributed by atoms with Crippen LogP contribution in [0.3, 0.4) is 0 Å². The Balaban J connectivity index is 2.93. The van der Waals surface area contributed by atoms with Crippen molar-refractivity contribution in [2.24, 2.45) is 4.99 Å². The molecule has 0 heterocycles. The van der Waals surface area contributed by atoms with Crippen LogP contribution in [0, 0.1) is 5.82 Å². The SMILES string of the molecule is COC(=O)CC(N=C=O)c1cccc(F)c1. The third-order valence-electron chi connectivity index (χ3n) is 2.03. The van der Waals surface area contributed by atoms with Gasteiger partial charge in [-0.2, -0.15) is 4.99 Å². The van der Waals surface area contributed by atoms with Gasteiger partial charge in [0.05, 0.1) is 19.6 Å². The number of benzene rings is 1. The first-order chi connectivity index (χ1) is 7.67. The fourth-order valence-electron chi connectivity index (χ4n) is 1.26. The molecular weight excluding hydrogens is 213 g/mol. The molecule has 1 unspecified atom stereocenters. The van der Waals surface area contributed by atoms with Gasteiger partial charge in [-0.3, -0.25) is 4.79 Å². The molecule has 1 aromatic carbocycles. The highest BCUT2D eigenvalue weighted by molar-refractivity contribution is 5.70. The van der Waals surface area contributed by atoms with Gasteiger partial charge in [0, 0.05) is 0 Å². The van der Waals surface area contributed by atoms with Crippen molar-refractivity contribution in [1.82, 2.24) is 0 Å². The summed E-state index contributed by atoms with van der Waals surface area (Å²) in [5, 5.41) is 0. The highest BCUT2D eigenvalue weighted by Crippen LogP contribution is 2.21. The van der Waals surface area contributed by atoms with Gasteiger partial charge in [0.2, 0.25) is 6.08 Å². The summed E-state index contributed by atoms with van der Waals surface area (Å²) >= 11 is 0. The van der Waals surface area contributed by atoms with Gasteiger partial charge in [-0.15, -0.1) is 0 Å². The summed E-state index contributed by atoms with van der Waals surface area (Å²) in [5.74, 6) is -0.971. The first-order valence-corrected chi connectivity index (χ1v) is 4.56. The Bertz CT molecular complexity index is 427. The maximum atomic E-state index is 12.9. The fourth-order valence-corrected chi connectivity index (χ4v) is 1.26. The summed E-state index contributed by atoms with van der Waals surface area (Å²) in [6, 6.07) is 4.80. The number of ether oxygens (including phenoxy) is 1. The van der Waals surface area contributed by atoms with Crippen molar-refractivity contribution in [2.45, 2.75) is 12.5 Å². The third-order valence-corrected chi connectivity index (χ3v) is 2.03. The minimum atomic E-state index is -0.749. The summed E-state index contributed by atoms with van der Waals surface area (Å²) in [5.41, 5.74) is 0.439. The van der Waals surface area contributed by atoms with Gasteiger partial charge in [-0.1, -0.05) is 12.1 Å². The van der Waals surface area contributed by atoms with Gasteiger partial charge in [-0.25, -0.2) is 9.18 Å². The number of nitrogens with zero attached hydrogens (tertiary/aromatic N) is 1. The second-order valence-electron chi connectivity index (χ2n) is 3.07. The molecule has 0 fully saturated rings. The van der Waals surface area contributed by atoms with Gasteiger partial charge in [0.15, 0.2) is 0 Å². The zero-order chi connectivity index (χ0) is 12.0. The van der Waals surface area contributed by atoms with E-state index in [-0.39, 0.29) is 6.42 Å². The number of esters is 1. The molecule has 0 saturated carbocycles. The predicted molar refractivity (Wildman–Crippen MR) is 53.9 cm³/mol. The average Bonchev–Trinajstić information content (AvgIpc) is 2.28. The summed E-state index contributed by atoms with van der Waals surface area (Å²) in [4.78, 5) is 24.7. The molecule has 4 nitrogen and oxygen atoms in total. The lowest BCUT2D eigenvalue weighted by Gasteiger charge is -2.09. The van der Waals surface area contributed by atoms with Crippen LogP contribution in [-0.4, -0.2) is 19.2 Å². The van der Waals surface area contributed by atoms with E-state index in [0.717, 1.165) is 0 Å². The van der Waals surface area contributed by atoms with E-state index >= 15 is 0 Å². The first-order valence-electron chi connectivity index (χ1n) is 4.56. The second-order valence-corrected chi connectivity index (χ2v) is 3.07. The number of isocyanates is 1. The van der Waals surface area contributed by atoms with Crippen molar-refractivity contribution in [3.63, 3.8) is 0 Å². The van der Waals surface area contributed by atoms with Crippen LogP contribution in [0.25, 0.3) is 0 Å². The lowest BCUT2D eigenvalue weighted by Crippen LogP contribution is -2.07. The van der Waals surface area contributed by atoms with Crippen molar-refractivity contribution >= 4 is 12.0 Å². The molecule has 0 amide bonds. The second kappa shape index (κ2) is 5.78. The quantitative estimate of drug-likeness (QED) is 0.444. The van der Waals surface area contributed by atoms with Gasteiger partial charge < -0.3 is 4.74 Å². The summed E-state index contributed by atoms with van der Waals surface area (Å²) in [6.45, 7) is 0. The topological polar surface area (TPSA) is 55.7 Å². The Morgan fingerprint density at radius 1 is 1.62 bits per heavy atom. The molecule has 1 rings (SSSR count). The van der Waals surface area contributed by atoms with E-state index in [2.05, 4.69) is 9.73 Å². The summed E-state index contributed by atoms with van der Waals surface area (Å²) in [6.07, 6.45) is 1.24. The zero-order valence-corrected chi connectivity index (χ0v) is 8.64. The Labute approximate surface area is 91.8 Å². The number of carbonyl (C=O) groups is 1. The molecule has 84 valence electrons. The maximum absolute atomic E-state index is 12.9. The zero-order valence-electron chi connectivity index (χ0n) is 8.64. The Morgan fingerprint density at radius 2 is 2.38 bits per heavy atom. The minimum Gasteiger partial charge on any atom is -0.469 e. The smallest absolute Gasteiger partial charge is 0.308 e. The largest absolute Gasteiger partial charge is 0.469 e. The van der Waals surface area contributed by atoms with Crippen LogP contribution in [0.4, 0.5) is 4.39 Å². The fraction of sp³-hybridized carbons (Fsp3) is 0.273. The first kappa shape index (κ1) is 12.1. The minimum absolute atomic E-state index is 0.116. The number of methoxy groups -OCH3 is 1. The van der Waals surface area contributed by atoms with E-state index in [1.54, 1.807) is 6.07 Å². The van der Waals surface area contributed by atoms with Crippen LogP contribution in [0.15, 0.2) is 29.3 Å². The number of carbonyl (C=O) groups excluding carboxylic acids is 2. The highest BCUT2D eigenvalue weighted by Gasteiger charge is 2.15. The van der Waals surface area contributed by atoms with Crippen LogP contribution in [0.1, 0.15) is 18.0 Å². The van der Waals surface area contributed by atoms with Crippen molar-refractivity contribution in [2.75, 3.05) is 7.11 Å². The average molecular weight is 223 g/mol. The van der Waals surface area contributed by atoms with Crippen molar-refractivity contribution in [3.8, 4) is 0 Å². The number of hydrogen-bond donors (Lipinski definition) is 0. The van der Waals surface area contributed by atoms with Crippen LogP contribution in [0.2, 0.25) is 0 Å². The maximum Gasteiger partial charge on any atom is 0.308 e. The molecule has 1 atom stereocenters. The standard InChI is InChI=1S/C11H10FNO3/c1-16-11(15)6-10(13-7-14)8-3-2-4-9(12)5-8/h2-5,10H,6H2,1H3. The van der Waals surface area contributed by atoms with Crippen molar-refractivity contribution < 1.29 is 18.7 Å². The van der Waals surface area contributed by atoms with Crippen molar-refractivity contribution in [3.05, 3.63) is 35.6 Å². The number of aliphatic imine (C=N–C) groups is 1. The molecule has 0 aliphatic heterocycles. The molecule has 0 saturated heterocycles. The third kappa shape index (κ3) is 3.29. The van der Waals surface area contributed by atoms with Crippen LogP contribution < -0.4 is 0 Å². The number of rotatable bonds is 4. The number of halogens is 1. The molecule has 0 aliphatic carbocycles. The summed E-state index contributed by atoms with van der Waals surface area (Å²) in [7, 11) is 1.23. The van der Waals surface area contributed by atoms with Crippen LogP contribution in [0.5, 0.6) is 0 Å². The predicted octanol–water partition coefficient (Wildman–Crippen LogP) is 1.77. The molecule has 0 bridgehead atoms. The van der Waals surface area contributed by atoms with Gasteiger partial charge in [0.25, 0.3) is 0 Å². The summed E-state index contributed by atoms with van der Waals surface area (Å²) < 4.78 is 17.4. The van der Waals surface area contributed by atoms with E-state index in [4.69, 9.17) is 0 Å². The molecule has 0 aromatic heterocycles. The van der Waals surface area contributed by atoms with E-state index in [1.807, 2.05) is 0 Å². The van der Waals surface area contributed by atoms with Gasteiger partial charge in [-0.05, 0) is 17.7 Å². The monoisotopic (exact) mass is 223 g/mol. The van der Waals surface area contributed by atoms with Gasteiger partial charge in [0.1, 0.15) is 5.82 Å². The number of hydrogen-bond acceptors (Lipinski definition) is 4. The molecule has 0 aliphatic rings.